The van der Waals surface area contributed by atoms with E-state index in [4.69, 9.17) is 9.47 Å². The van der Waals surface area contributed by atoms with E-state index in [0.29, 0.717) is 16.7 Å². The molecule has 0 bridgehead atoms. The molecule has 9 heteroatoms. The Hall–Kier alpha value is -5.18. The molecule has 4 rings (SSSR count). The molecule has 0 atom stereocenters. The quantitative estimate of drug-likeness (QED) is 0.191. The molecule has 0 spiro atoms. The van der Waals surface area contributed by atoms with Crippen molar-refractivity contribution < 1.29 is 23.9 Å². The van der Waals surface area contributed by atoms with Crippen molar-refractivity contribution in [1.29, 1.82) is 0 Å². The van der Waals surface area contributed by atoms with Crippen LogP contribution in [-0.4, -0.2) is 34.0 Å². The molecule has 0 aliphatic carbocycles. The summed E-state index contributed by atoms with van der Waals surface area (Å²) in [5.41, 5.74) is 3.47. The fraction of sp³-hybridized carbons (Fsp3) is 0. The van der Waals surface area contributed by atoms with Crippen LogP contribution >= 0.6 is 0 Å². The number of hydrogen-bond acceptors (Lipinski definition) is 8. The fourth-order valence-corrected chi connectivity index (χ4v) is 2.88. The minimum atomic E-state index is -0.615. The first-order valence-corrected chi connectivity index (χ1v) is 10.4. The van der Waals surface area contributed by atoms with Crippen LogP contribution in [0.1, 0.15) is 36.8 Å². The lowest BCUT2D eigenvalue weighted by Crippen LogP contribution is -2.19. The van der Waals surface area contributed by atoms with Gasteiger partial charge in [-0.2, -0.15) is 5.10 Å². The molecule has 0 radical (unpaired) electrons. The molecule has 172 valence electrons. The maximum absolute atomic E-state index is 12.6. The van der Waals surface area contributed by atoms with Crippen LogP contribution in [-0.2, 0) is 0 Å². The van der Waals surface area contributed by atoms with Gasteiger partial charge in [0.25, 0.3) is 5.91 Å². The second kappa shape index (κ2) is 11.1. The number of ether oxygens (including phenoxy) is 2. The summed E-state index contributed by atoms with van der Waals surface area (Å²) in [6.45, 7) is 0. The molecule has 3 aromatic carbocycles. The van der Waals surface area contributed by atoms with E-state index in [1.54, 1.807) is 66.7 Å². The lowest BCUT2D eigenvalue weighted by molar-refractivity contribution is 0.0732. The average Bonchev–Trinajstić information content (AvgIpc) is 2.91. The van der Waals surface area contributed by atoms with Crippen molar-refractivity contribution in [2.45, 2.75) is 0 Å². The molecule has 0 aliphatic rings. The van der Waals surface area contributed by atoms with E-state index in [2.05, 4.69) is 20.5 Å². The molecule has 0 fully saturated rings. The number of hydrogen-bond donors (Lipinski definition) is 1. The summed E-state index contributed by atoms with van der Waals surface area (Å²) in [5, 5.41) is 3.91. The Kier molecular flexibility index (Phi) is 7.29. The van der Waals surface area contributed by atoms with Crippen molar-refractivity contribution in [2.24, 2.45) is 5.10 Å². The fourth-order valence-electron chi connectivity index (χ4n) is 2.88. The number of esters is 2. The molecule has 0 aliphatic heterocycles. The topological polar surface area (TPSA) is 120 Å². The molecule has 1 heterocycles. The Bertz CT molecular complexity index is 1360. The zero-order valence-electron chi connectivity index (χ0n) is 18.2. The van der Waals surface area contributed by atoms with Crippen LogP contribution in [0.5, 0.6) is 11.5 Å². The van der Waals surface area contributed by atoms with Gasteiger partial charge in [-0.25, -0.2) is 20.0 Å². The van der Waals surface area contributed by atoms with Crippen LogP contribution in [0.2, 0.25) is 0 Å². The smallest absolute Gasteiger partial charge is 0.343 e. The molecule has 9 nitrogen and oxygen atoms in total. The SMILES string of the molecule is O=C(Oc1ccc(C=NNC(=O)c2cnccn2)c(OC(=O)c2ccccc2)c1)c1ccccc1. The summed E-state index contributed by atoms with van der Waals surface area (Å²) < 4.78 is 11.0. The van der Waals surface area contributed by atoms with Crippen LogP contribution < -0.4 is 14.9 Å². The Balaban J connectivity index is 1.56. The van der Waals surface area contributed by atoms with Gasteiger partial charge in [0.1, 0.15) is 17.2 Å². The third-order valence-electron chi connectivity index (χ3n) is 4.58. The van der Waals surface area contributed by atoms with Gasteiger partial charge in [0, 0.05) is 24.0 Å². The van der Waals surface area contributed by atoms with Crippen LogP contribution in [0.25, 0.3) is 0 Å². The molecular weight excluding hydrogens is 448 g/mol. The highest BCUT2D eigenvalue weighted by atomic mass is 16.5. The number of nitrogens with one attached hydrogen (secondary N) is 1. The maximum atomic E-state index is 12.6. The van der Waals surface area contributed by atoms with E-state index in [1.807, 2.05) is 0 Å². The minimum absolute atomic E-state index is 0.0784. The highest BCUT2D eigenvalue weighted by Crippen LogP contribution is 2.25. The van der Waals surface area contributed by atoms with Crippen molar-refractivity contribution >= 4 is 24.1 Å². The van der Waals surface area contributed by atoms with Gasteiger partial charge >= 0.3 is 11.9 Å². The number of rotatable bonds is 7. The second-order valence-electron chi connectivity index (χ2n) is 7.00. The van der Waals surface area contributed by atoms with Crippen molar-refractivity contribution in [3.05, 3.63) is 120 Å². The Labute approximate surface area is 200 Å². The van der Waals surface area contributed by atoms with Gasteiger partial charge < -0.3 is 9.47 Å². The van der Waals surface area contributed by atoms with Gasteiger partial charge in [-0.3, -0.25) is 9.78 Å². The average molecular weight is 466 g/mol. The van der Waals surface area contributed by atoms with Crippen LogP contribution in [0.15, 0.2) is 103 Å². The number of hydrazone groups is 1. The molecule has 1 N–H and O–H groups in total. The Morgan fingerprint density at radius 3 is 2.09 bits per heavy atom. The van der Waals surface area contributed by atoms with Gasteiger partial charge in [-0.15, -0.1) is 0 Å². The van der Waals surface area contributed by atoms with Crippen molar-refractivity contribution in [1.82, 2.24) is 15.4 Å². The normalized spacial score (nSPS) is 10.5. The lowest BCUT2D eigenvalue weighted by Gasteiger charge is -2.10. The van der Waals surface area contributed by atoms with Crippen molar-refractivity contribution in [2.75, 3.05) is 0 Å². The maximum Gasteiger partial charge on any atom is 0.343 e. The molecule has 0 saturated carbocycles. The van der Waals surface area contributed by atoms with Crippen LogP contribution in [0, 0.1) is 0 Å². The summed E-state index contributed by atoms with van der Waals surface area (Å²) in [4.78, 5) is 44.9. The number of nitrogens with zero attached hydrogens (tertiary/aromatic N) is 3. The van der Waals surface area contributed by atoms with Crippen LogP contribution in [0.4, 0.5) is 0 Å². The standard InChI is InChI=1S/C26H18N4O5/c31-24(22-17-27-13-14-28-22)30-29-16-20-11-12-21(34-25(32)18-7-3-1-4-8-18)15-23(20)35-26(33)19-9-5-2-6-10-19/h1-17H,(H,30,31). The first-order valence-electron chi connectivity index (χ1n) is 10.4. The number of carbonyl (C=O) groups is 3. The second-order valence-corrected chi connectivity index (χ2v) is 7.00. The van der Waals surface area contributed by atoms with E-state index >= 15 is 0 Å². The van der Waals surface area contributed by atoms with E-state index in [-0.39, 0.29) is 17.2 Å². The number of carbonyl (C=O) groups excluding carboxylic acids is 3. The predicted molar refractivity (Wildman–Crippen MR) is 126 cm³/mol. The van der Waals surface area contributed by atoms with E-state index in [0.717, 1.165) is 0 Å². The molecular formula is C26H18N4O5. The first kappa shape index (κ1) is 23.0. The zero-order chi connectivity index (χ0) is 24.5. The third kappa shape index (κ3) is 6.20. The minimum Gasteiger partial charge on any atom is -0.423 e. The summed E-state index contributed by atoms with van der Waals surface area (Å²) in [6.07, 6.45) is 5.42. The highest BCUT2D eigenvalue weighted by Gasteiger charge is 2.15. The number of amides is 1. The van der Waals surface area contributed by atoms with E-state index in [9.17, 15) is 14.4 Å². The lowest BCUT2D eigenvalue weighted by atomic mass is 10.2. The molecule has 0 unspecified atom stereocenters. The monoisotopic (exact) mass is 466 g/mol. The van der Waals surface area contributed by atoms with Gasteiger partial charge in [0.15, 0.2) is 0 Å². The van der Waals surface area contributed by atoms with Crippen molar-refractivity contribution in [3.8, 4) is 11.5 Å². The Morgan fingerprint density at radius 1 is 0.800 bits per heavy atom. The number of benzene rings is 3. The van der Waals surface area contributed by atoms with Crippen LogP contribution in [0.3, 0.4) is 0 Å². The summed E-state index contributed by atoms with van der Waals surface area (Å²) >= 11 is 0. The van der Waals surface area contributed by atoms with E-state index in [1.165, 1.54) is 36.9 Å². The summed E-state index contributed by atoms with van der Waals surface area (Å²) in [6, 6.07) is 21.3. The van der Waals surface area contributed by atoms with Gasteiger partial charge in [-0.1, -0.05) is 36.4 Å². The first-order chi connectivity index (χ1) is 17.1. The summed E-state index contributed by atoms with van der Waals surface area (Å²) in [7, 11) is 0. The van der Waals surface area contributed by atoms with E-state index < -0.39 is 17.8 Å². The number of aromatic nitrogens is 2. The third-order valence-corrected chi connectivity index (χ3v) is 4.58. The van der Waals surface area contributed by atoms with Gasteiger partial charge in [0.05, 0.1) is 23.5 Å². The zero-order valence-corrected chi connectivity index (χ0v) is 18.2. The highest BCUT2D eigenvalue weighted by molar-refractivity contribution is 5.95. The molecule has 35 heavy (non-hydrogen) atoms. The van der Waals surface area contributed by atoms with Gasteiger partial charge in [-0.05, 0) is 36.4 Å². The van der Waals surface area contributed by atoms with Crippen molar-refractivity contribution in [3.63, 3.8) is 0 Å². The van der Waals surface area contributed by atoms with Gasteiger partial charge in [0.2, 0.25) is 0 Å². The predicted octanol–water partition coefficient (Wildman–Crippen LogP) is 3.68. The molecule has 1 aromatic heterocycles. The molecule has 0 saturated heterocycles. The molecule has 4 aromatic rings. The summed E-state index contributed by atoms with van der Waals surface area (Å²) in [5.74, 6) is -1.50. The Morgan fingerprint density at radius 2 is 1.46 bits per heavy atom. The largest absolute Gasteiger partial charge is 0.423 e. The molecule has 1 amide bonds.